The largest absolute Gasteiger partial charge is 0.376 e. The van der Waals surface area contributed by atoms with Crippen molar-refractivity contribution in [2.45, 2.75) is 32.5 Å². The van der Waals surface area contributed by atoms with Crippen LogP contribution in [0.1, 0.15) is 27.7 Å². The molecule has 0 aliphatic carbocycles. The molecule has 0 amide bonds. The maximum atomic E-state index is 5.71. The van der Waals surface area contributed by atoms with E-state index in [4.69, 9.17) is 4.74 Å². The van der Waals surface area contributed by atoms with Crippen LogP contribution in [0, 0.1) is 6.92 Å². The van der Waals surface area contributed by atoms with E-state index in [1.165, 1.54) is 9.75 Å². The molecule has 2 atom stereocenters. The molecule has 2 aromatic heterocycles. The third kappa shape index (κ3) is 5.26. The number of thiazole rings is 1. The standard InChI is InChI=1S/C18H27N5OS2/c1-13-12-23(6-7-24-13)15(16-5-4-8-25-16)10-21-18(19-3)22-11-17-20-9-14(2)26-17/h4-5,8-9,13,15H,6-7,10-12H2,1-3H3,(H2,19,21,22). The Balaban J connectivity index is 1.59. The van der Waals surface area contributed by atoms with Crippen molar-refractivity contribution in [2.24, 2.45) is 4.99 Å². The summed E-state index contributed by atoms with van der Waals surface area (Å²) in [5, 5.41) is 10.1. The molecule has 1 saturated heterocycles. The third-order valence-electron chi connectivity index (χ3n) is 4.35. The van der Waals surface area contributed by atoms with Crippen LogP contribution in [0.3, 0.4) is 0 Å². The van der Waals surface area contributed by atoms with E-state index in [0.717, 1.165) is 37.2 Å². The molecule has 0 saturated carbocycles. The Morgan fingerprint density at radius 1 is 1.50 bits per heavy atom. The summed E-state index contributed by atoms with van der Waals surface area (Å²) in [5.74, 6) is 0.806. The highest BCUT2D eigenvalue weighted by Crippen LogP contribution is 2.26. The number of guanidine groups is 1. The molecule has 2 aromatic rings. The Kier molecular flexibility index (Phi) is 7.01. The predicted octanol–water partition coefficient (Wildman–Crippen LogP) is 2.64. The van der Waals surface area contributed by atoms with Gasteiger partial charge in [0.2, 0.25) is 0 Å². The van der Waals surface area contributed by atoms with Gasteiger partial charge in [0.05, 0.1) is 25.3 Å². The summed E-state index contributed by atoms with van der Waals surface area (Å²) in [5.41, 5.74) is 0. The predicted molar refractivity (Wildman–Crippen MR) is 109 cm³/mol. The minimum atomic E-state index is 0.275. The first-order chi connectivity index (χ1) is 12.7. The quantitative estimate of drug-likeness (QED) is 0.584. The van der Waals surface area contributed by atoms with Crippen LogP contribution in [0.5, 0.6) is 0 Å². The summed E-state index contributed by atoms with van der Waals surface area (Å²) >= 11 is 3.52. The van der Waals surface area contributed by atoms with E-state index in [2.05, 4.69) is 56.9 Å². The van der Waals surface area contributed by atoms with Gasteiger partial charge in [-0.25, -0.2) is 4.98 Å². The second kappa shape index (κ2) is 9.45. The maximum Gasteiger partial charge on any atom is 0.191 e. The summed E-state index contributed by atoms with van der Waals surface area (Å²) in [6.45, 7) is 8.41. The number of hydrogen-bond donors (Lipinski definition) is 2. The zero-order chi connectivity index (χ0) is 18.4. The second-order valence-electron chi connectivity index (χ2n) is 6.38. The number of ether oxygens (including phenoxy) is 1. The van der Waals surface area contributed by atoms with Gasteiger partial charge in [-0.05, 0) is 25.3 Å². The molecular formula is C18H27N5OS2. The van der Waals surface area contributed by atoms with Crippen molar-refractivity contribution in [3.63, 3.8) is 0 Å². The van der Waals surface area contributed by atoms with Crippen LogP contribution in [0.4, 0.5) is 0 Å². The molecule has 0 radical (unpaired) electrons. The van der Waals surface area contributed by atoms with E-state index in [1.807, 2.05) is 17.5 Å². The smallest absolute Gasteiger partial charge is 0.191 e. The second-order valence-corrected chi connectivity index (χ2v) is 8.68. The van der Waals surface area contributed by atoms with Gasteiger partial charge in [-0.1, -0.05) is 6.07 Å². The van der Waals surface area contributed by atoms with E-state index >= 15 is 0 Å². The number of hydrogen-bond acceptors (Lipinski definition) is 6. The summed E-state index contributed by atoms with van der Waals surface area (Å²) in [6, 6.07) is 4.66. The van der Waals surface area contributed by atoms with Gasteiger partial charge in [0, 0.05) is 42.6 Å². The number of aliphatic imine (C=N–C) groups is 1. The van der Waals surface area contributed by atoms with Crippen molar-refractivity contribution in [2.75, 3.05) is 33.3 Å². The SMILES string of the molecule is CN=C(NCc1ncc(C)s1)NCC(c1cccs1)N1CCOC(C)C1. The van der Waals surface area contributed by atoms with Gasteiger partial charge >= 0.3 is 0 Å². The zero-order valence-electron chi connectivity index (χ0n) is 15.6. The lowest BCUT2D eigenvalue weighted by Crippen LogP contribution is -2.47. The lowest BCUT2D eigenvalue weighted by atomic mass is 10.1. The van der Waals surface area contributed by atoms with Crippen LogP contribution in [0.2, 0.25) is 0 Å². The van der Waals surface area contributed by atoms with Gasteiger partial charge in [-0.2, -0.15) is 0 Å². The molecule has 6 nitrogen and oxygen atoms in total. The normalized spacial score (nSPS) is 20.1. The lowest BCUT2D eigenvalue weighted by molar-refractivity contribution is -0.0334. The van der Waals surface area contributed by atoms with Crippen LogP contribution < -0.4 is 10.6 Å². The first-order valence-corrected chi connectivity index (χ1v) is 10.6. The van der Waals surface area contributed by atoms with Crippen LogP contribution in [-0.4, -0.2) is 55.2 Å². The Hall–Kier alpha value is -1.48. The summed E-state index contributed by atoms with van der Waals surface area (Å²) < 4.78 is 5.71. The number of rotatable bonds is 6. The van der Waals surface area contributed by atoms with Crippen molar-refractivity contribution >= 4 is 28.6 Å². The zero-order valence-corrected chi connectivity index (χ0v) is 17.2. The molecule has 1 aliphatic heterocycles. The van der Waals surface area contributed by atoms with Crippen molar-refractivity contribution in [3.8, 4) is 0 Å². The fourth-order valence-electron chi connectivity index (χ4n) is 3.08. The molecule has 0 spiro atoms. The number of aromatic nitrogens is 1. The monoisotopic (exact) mass is 393 g/mol. The molecule has 0 aromatic carbocycles. The highest BCUT2D eigenvalue weighted by atomic mass is 32.1. The molecule has 2 N–H and O–H groups in total. The van der Waals surface area contributed by atoms with E-state index in [-0.39, 0.29) is 6.10 Å². The Labute approximate surface area is 163 Å². The summed E-state index contributed by atoms with van der Waals surface area (Å²) in [6.07, 6.45) is 2.18. The minimum absolute atomic E-state index is 0.275. The van der Waals surface area contributed by atoms with Gasteiger partial charge in [0.1, 0.15) is 5.01 Å². The molecule has 1 fully saturated rings. The van der Waals surface area contributed by atoms with Crippen LogP contribution in [-0.2, 0) is 11.3 Å². The van der Waals surface area contributed by atoms with Gasteiger partial charge in [-0.15, -0.1) is 22.7 Å². The number of nitrogens with one attached hydrogen (secondary N) is 2. The van der Waals surface area contributed by atoms with Crippen molar-refractivity contribution < 1.29 is 4.74 Å². The van der Waals surface area contributed by atoms with Crippen LogP contribution in [0.15, 0.2) is 28.7 Å². The highest BCUT2D eigenvalue weighted by molar-refractivity contribution is 7.11. The molecule has 142 valence electrons. The molecule has 3 rings (SSSR count). The van der Waals surface area contributed by atoms with Gasteiger partial charge in [0.25, 0.3) is 0 Å². The van der Waals surface area contributed by atoms with Crippen LogP contribution >= 0.6 is 22.7 Å². The molecule has 3 heterocycles. The van der Waals surface area contributed by atoms with Gasteiger partial charge < -0.3 is 15.4 Å². The Bertz CT molecular complexity index is 700. The molecule has 2 unspecified atom stereocenters. The van der Waals surface area contributed by atoms with Crippen molar-refractivity contribution in [3.05, 3.63) is 38.5 Å². The number of morpholine rings is 1. The third-order valence-corrected chi connectivity index (χ3v) is 6.23. The number of nitrogens with zero attached hydrogens (tertiary/aromatic N) is 3. The molecular weight excluding hydrogens is 366 g/mol. The van der Waals surface area contributed by atoms with Gasteiger partial charge in [0.15, 0.2) is 5.96 Å². The fraction of sp³-hybridized carbons (Fsp3) is 0.556. The molecule has 1 aliphatic rings. The van der Waals surface area contributed by atoms with E-state index in [0.29, 0.717) is 12.6 Å². The topological polar surface area (TPSA) is 61.8 Å². The Morgan fingerprint density at radius 3 is 3.04 bits per heavy atom. The lowest BCUT2D eigenvalue weighted by Gasteiger charge is -2.37. The van der Waals surface area contributed by atoms with Crippen LogP contribution in [0.25, 0.3) is 0 Å². The first-order valence-electron chi connectivity index (χ1n) is 8.90. The molecule has 26 heavy (non-hydrogen) atoms. The number of aryl methyl sites for hydroxylation is 1. The maximum absolute atomic E-state index is 5.71. The molecule has 8 heteroatoms. The summed E-state index contributed by atoms with van der Waals surface area (Å²) in [7, 11) is 1.80. The van der Waals surface area contributed by atoms with E-state index < -0.39 is 0 Å². The van der Waals surface area contributed by atoms with Gasteiger partial charge in [-0.3, -0.25) is 9.89 Å². The van der Waals surface area contributed by atoms with E-state index in [1.54, 1.807) is 18.4 Å². The Morgan fingerprint density at radius 2 is 2.38 bits per heavy atom. The minimum Gasteiger partial charge on any atom is -0.376 e. The average molecular weight is 394 g/mol. The summed E-state index contributed by atoms with van der Waals surface area (Å²) in [4.78, 5) is 13.9. The first kappa shape index (κ1) is 19.3. The fourth-order valence-corrected chi connectivity index (χ4v) is 4.66. The van der Waals surface area contributed by atoms with Crippen molar-refractivity contribution in [1.82, 2.24) is 20.5 Å². The van der Waals surface area contributed by atoms with Crippen molar-refractivity contribution in [1.29, 1.82) is 0 Å². The van der Waals surface area contributed by atoms with E-state index in [9.17, 15) is 0 Å². The highest BCUT2D eigenvalue weighted by Gasteiger charge is 2.26. The molecule has 0 bridgehead atoms. The number of thiophene rings is 1. The average Bonchev–Trinajstić information content (AvgIpc) is 3.30.